The number of nitrogens with two attached hydrogens (primary N) is 1. The lowest BCUT2D eigenvalue weighted by Crippen LogP contribution is -2.57. The molecular weight excluding hydrogens is 294 g/mol. The van der Waals surface area contributed by atoms with Gasteiger partial charge in [0.2, 0.25) is 5.91 Å². The first-order valence-corrected chi connectivity index (χ1v) is 6.90. The lowest BCUT2D eigenvalue weighted by Gasteiger charge is -2.38. The SMILES string of the molecule is CC(c1ccccc1Br)N1CCNCC1C(N)=O. The van der Waals surface area contributed by atoms with E-state index in [9.17, 15) is 4.79 Å². The summed E-state index contributed by atoms with van der Waals surface area (Å²) in [6.45, 7) is 4.46. The van der Waals surface area contributed by atoms with Crippen LogP contribution in [0.3, 0.4) is 0 Å². The lowest BCUT2D eigenvalue weighted by atomic mass is 10.0. The Bertz CT molecular complexity index is 438. The molecule has 2 unspecified atom stereocenters. The number of carbonyl (C=O) groups excluding carboxylic acids is 1. The largest absolute Gasteiger partial charge is 0.368 e. The molecule has 18 heavy (non-hydrogen) atoms. The highest BCUT2D eigenvalue weighted by Crippen LogP contribution is 2.29. The van der Waals surface area contributed by atoms with Gasteiger partial charge in [-0.1, -0.05) is 34.1 Å². The van der Waals surface area contributed by atoms with E-state index >= 15 is 0 Å². The predicted molar refractivity (Wildman–Crippen MR) is 75.1 cm³/mol. The summed E-state index contributed by atoms with van der Waals surface area (Å²) in [5, 5.41) is 3.21. The second kappa shape index (κ2) is 5.82. The van der Waals surface area contributed by atoms with E-state index in [1.54, 1.807) is 0 Å². The van der Waals surface area contributed by atoms with E-state index in [4.69, 9.17) is 5.73 Å². The maximum absolute atomic E-state index is 11.5. The molecule has 0 spiro atoms. The summed E-state index contributed by atoms with van der Waals surface area (Å²) in [6, 6.07) is 8.03. The maximum Gasteiger partial charge on any atom is 0.236 e. The zero-order valence-electron chi connectivity index (χ0n) is 10.4. The van der Waals surface area contributed by atoms with Crippen LogP contribution in [0.15, 0.2) is 28.7 Å². The van der Waals surface area contributed by atoms with Crippen LogP contribution in [0.2, 0.25) is 0 Å². The Balaban J connectivity index is 2.23. The standard InChI is InChI=1S/C13H18BrN3O/c1-9(10-4-2-3-5-11(10)14)17-7-6-16-8-12(17)13(15)18/h2-5,9,12,16H,6-8H2,1H3,(H2,15,18). The number of nitrogens with zero attached hydrogens (tertiary/aromatic N) is 1. The molecule has 1 amide bonds. The van der Waals surface area contributed by atoms with Gasteiger partial charge in [0.05, 0.1) is 0 Å². The van der Waals surface area contributed by atoms with E-state index < -0.39 is 0 Å². The number of hydrogen-bond donors (Lipinski definition) is 2. The minimum atomic E-state index is -0.263. The smallest absolute Gasteiger partial charge is 0.236 e. The van der Waals surface area contributed by atoms with Crippen LogP contribution in [0, 0.1) is 0 Å². The molecule has 1 heterocycles. The summed E-state index contributed by atoms with van der Waals surface area (Å²) in [5.74, 6) is -0.263. The van der Waals surface area contributed by atoms with Gasteiger partial charge in [-0.15, -0.1) is 0 Å². The number of hydrogen-bond acceptors (Lipinski definition) is 3. The monoisotopic (exact) mass is 311 g/mol. The fraction of sp³-hybridized carbons (Fsp3) is 0.462. The molecule has 1 aromatic rings. The van der Waals surface area contributed by atoms with E-state index in [1.165, 1.54) is 5.56 Å². The third kappa shape index (κ3) is 2.74. The third-order valence-electron chi connectivity index (χ3n) is 3.47. The number of nitrogens with one attached hydrogen (secondary N) is 1. The summed E-state index contributed by atoms with van der Waals surface area (Å²) in [6.07, 6.45) is 0. The molecule has 98 valence electrons. The van der Waals surface area contributed by atoms with Crippen molar-refractivity contribution in [2.45, 2.75) is 19.0 Å². The van der Waals surface area contributed by atoms with Gasteiger partial charge < -0.3 is 11.1 Å². The van der Waals surface area contributed by atoms with E-state index in [0.29, 0.717) is 6.54 Å². The number of piperazine rings is 1. The number of halogens is 1. The Morgan fingerprint density at radius 2 is 2.28 bits per heavy atom. The van der Waals surface area contributed by atoms with Gasteiger partial charge in [0.1, 0.15) is 6.04 Å². The Kier molecular flexibility index (Phi) is 4.37. The molecule has 1 saturated heterocycles. The summed E-state index contributed by atoms with van der Waals surface area (Å²) in [4.78, 5) is 13.7. The normalized spacial score (nSPS) is 22.7. The van der Waals surface area contributed by atoms with Crippen LogP contribution in [0.5, 0.6) is 0 Å². The minimum Gasteiger partial charge on any atom is -0.368 e. The maximum atomic E-state index is 11.5. The Hall–Kier alpha value is -0.910. The first kappa shape index (κ1) is 13.5. The molecule has 4 nitrogen and oxygen atoms in total. The van der Waals surface area contributed by atoms with Gasteiger partial charge in [0, 0.05) is 30.1 Å². The summed E-state index contributed by atoms with van der Waals surface area (Å²) in [5.41, 5.74) is 6.66. The van der Waals surface area contributed by atoms with Crippen molar-refractivity contribution in [3.8, 4) is 0 Å². The second-order valence-corrected chi connectivity index (χ2v) is 5.41. The van der Waals surface area contributed by atoms with Crippen molar-refractivity contribution in [1.82, 2.24) is 10.2 Å². The molecule has 0 bridgehead atoms. The van der Waals surface area contributed by atoms with Crippen molar-refractivity contribution >= 4 is 21.8 Å². The van der Waals surface area contributed by atoms with Crippen molar-refractivity contribution < 1.29 is 4.79 Å². The summed E-state index contributed by atoms with van der Waals surface area (Å²) >= 11 is 3.56. The second-order valence-electron chi connectivity index (χ2n) is 4.56. The molecular formula is C13H18BrN3O. The topological polar surface area (TPSA) is 58.4 Å². The molecule has 1 aromatic carbocycles. The molecule has 0 saturated carbocycles. The van der Waals surface area contributed by atoms with Crippen LogP contribution < -0.4 is 11.1 Å². The molecule has 1 aliphatic rings. The Labute approximate surface area is 116 Å². The molecule has 3 N–H and O–H groups in total. The average molecular weight is 312 g/mol. The average Bonchev–Trinajstić information content (AvgIpc) is 2.38. The zero-order valence-corrected chi connectivity index (χ0v) is 12.0. The van der Waals surface area contributed by atoms with Crippen molar-refractivity contribution in [1.29, 1.82) is 0 Å². The van der Waals surface area contributed by atoms with Crippen molar-refractivity contribution in [2.75, 3.05) is 19.6 Å². The van der Waals surface area contributed by atoms with Crippen molar-refractivity contribution in [2.24, 2.45) is 5.73 Å². The lowest BCUT2D eigenvalue weighted by molar-refractivity contribution is -0.124. The van der Waals surface area contributed by atoms with Crippen LogP contribution in [-0.4, -0.2) is 36.5 Å². The number of primary amides is 1. The Morgan fingerprint density at radius 3 is 2.94 bits per heavy atom. The number of benzene rings is 1. The first-order valence-electron chi connectivity index (χ1n) is 6.11. The van der Waals surface area contributed by atoms with E-state index in [1.807, 2.05) is 18.2 Å². The van der Waals surface area contributed by atoms with E-state index in [-0.39, 0.29) is 18.0 Å². The van der Waals surface area contributed by atoms with Crippen LogP contribution >= 0.6 is 15.9 Å². The third-order valence-corrected chi connectivity index (χ3v) is 4.19. The van der Waals surface area contributed by atoms with Gasteiger partial charge >= 0.3 is 0 Å². The van der Waals surface area contributed by atoms with Gasteiger partial charge in [-0.3, -0.25) is 9.69 Å². The quantitative estimate of drug-likeness (QED) is 0.884. The highest BCUT2D eigenvalue weighted by Gasteiger charge is 2.31. The molecule has 2 rings (SSSR count). The first-order chi connectivity index (χ1) is 8.61. The van der Waals surface area contributed by atoms with Crippen molar-refractivity contribution in [3.63, 3.8) is 0 Å². The Morgan fingerprint density at radius 1 is 1.56 bits per heavy atom. The number of amides is 1. The van der Waals surface area contributed by atoms with Gasteiger partial charge in [0.25, 0.3) is 0 Å². The van der Waals surface area contributed by atoms with E-state index in [0.717, 1.165) is 17.6 Å². The molecule has 5 heteroatoms. The molecule has 0 aromatic heterocycles. The number of carbonyl (C=O) groups is 1. The molecule has 1 aliphatic heterocycles. The van der Waals surface area contributed by atoms with Gasteiger partial charge in [-0.05, 0) is 18.6 Å². The fourth-order valence-electron chi connectivity index (χ4n) is 2.44. The van der Waals surface area contributed by atoms with E-state index in [2.05, 4.69) is 39.1 Å². The highest BCUT2D eigenvalue weighted by atomic mass is 79.9. The van der Waals surface area contributed by atoms with Gasteiger partial charge in [-0.2, -0.15) is 0 Å². The van der Waals surface area contributed by atoms with Gasteiger partial charge in [0.15, 0.2) is 0 Å². The van der Waals surface area contributed by atoms with Crippen LogP contribution in [0.25, 0.3) is 0 Å². The number of rotatable bonds is 3. The van der Waals surface area contributed by atoms with Crippen LogP contribution in [-0.2, 0) is 4.79 Å². The van der Waals surface area contributed by atoms with Crippen LogP contribution in [0.4, 0.5) is 0 Å². The molecule has 1 fully saturated rings. The molecule has 2 atom stereocenters. The van der Waals surface area contributed by atoms with Gasteiger partial charge in [-0.25, -0.2) is 0 Å². The minimum absolute atomic E-state index is 0.167. The fourth-order valence-corrected chi connectivity index (χ4v) is 3.06. The summed E-state index contributed by atoms with van der Waals surface area (Å²) in [7, 11) is 0. The predicted octanol–water partition coefficient (Wildman–Crippen LogP) is 1.27. The molecule has 0 aliphatic carbocycles. The zero-order chi connectivity index (χ0) is 13.1. The van der Waals surface area contributed by atoms with Crippen LogP contribution in [0.1, 0.15) is 18.5 Å². The summed E-state index contributed by atoms with van der Waals surface area (Å²) < 4.78 is 1.07. The van der Waals surface area contributed by atoms with Crippen molar-refractivity contribution in [3.05, 3.63) is 34.3 Å². The highest BCUT2D eigenvalue weighted by molar-refractivity contribution is 9.10. The molecule has 0 radical (unpaired) electrons.